The monoisotopic (exact) mass is 462 g/mol. The third-order valence-electron chi connectivity index (χ3n) is 6.32. The van der Waals surface area contributed by atoms with Crippen LogP contribution in [0.1, 0.15) is 75.0 Å². The van der Waals surface area contributed by atoms with E-state index in [0.29, 0.717) is 30.8 Å². The number of hydrogen-bond acceptors (Lipinski definition) is 3. The lowest BCUT2D eigenvalue weighted by Crippen LogP contribution is -2.20. The van der Waals surface area contributed by atoms with Crippen molar-refractivity contribution in [2.75, 3.05) is 13.2 Å². The Balaban J connectivity index is 1.52. The van der Waals surface area contributed by atoms with E-state index < -0.39 is 23.6 Å². The Kier molecular flexibility index (Phi) is 9.24. The fraction of sp³-hybridized carbons (Fsp3) is 0.481. The summed E-state index contributed by atoms with van der Waals surface area (Å²) in [4.78, 5) is 0. The van der Waals surface area contributed by atoms with Gasteiger partial charge in [0.1, 0.15) is 11.6 Å². The van der Waals surface area contributed by atoms with Gasteiger partial charge in [0, 0.05) is 11.6 Å². The van der Waals surface area contributed by atoms with Gasteiger partial charge >= 0.3 is 0 Å². The normalized spacial score (nSPS) is 19.2. The molecular formula is C27H33F3O3. The van der Waals surface area contributed by atoms with Crippen LogP contribution in [-0.2, 0) is 0 Å². The Morgan fingerprint density at radius 2 is 1.82 bits per heavy atom. The predicted octanol–water partition coefficient (Wildman–Crippen LogP) is 7.25. The summed E-state index contributed by atoms with van der Waals surface area (Å²) in [5, 5.41) is 10.0. The van der Waals surface area contributed by atoms with E-state index >= 15 is 0 Å². The molecule has 1 fully saturated rings. The van der Waals surface area contributed by atoms with Gasteiger partial charge in [-0.1, -0.05) is 25.5 Å². The molecule has 0 aliphatic heterocycles. The van der Waals surface area contributed by atoms with Crippen LogP contribution in [0.4, 0.5) is 13.2 Å². The average Bonchev–Trinajstić information content (AvgIpc) is 2.81. The van der Waals surface area contributed by atoms with E-state index in [9.17, 15) is 18.3 Å². The average molecular weight is 463 g/mol. The minimum absolute atomic E-state index is 0.0465. The third kappa shape index (κ3) is 6.53. The maximum atomic E-state index is 14.6. The van der Waals surface area contributed by atoms with Crippen molar-refractivity contribution in [3.8, 4) is 11.5 Å². The Morgan fingerprint density at radius 3 is 2.48 bits per heavy atom. The minimum Gasteiger partial charge on any atom is -0.493 e. The van der Waals surface area contributed by atoms with Gasteiger partial charge in [-0.3, -0.25) is 0 Å². The molecule has 6 heteroatoms. The molecular weight excluding hydrogens is 429 g/mol. The molecule has 1 N–H and O–H groups in total. The maximum Gasteiger partial charge on any atom is 0.200 e. The lowest BCUT2D eigenvalue weighted by atomic mass is 9.79. The van der Waals surface area contributed by atoms with Crippen molar-refractivity contribution in [2.45, 2.75) is 63.9 Å². The third-order valence-corrected chi connectivity index (χ3v) is 6.32. The molecule has 0 heterocycles. The number of halogens is 3. The van der Waals surface area contributed by atoms with Crippen molar-refractivity contribution in [2.24, 2.45) is 5.92 Å². The Morgan fingerprint density at radius 1 is 1.06 bits per heavy atom. The number of ether oxygens (including phenoxy) is 2. The summed E-state index contributed by atoms with van der Waals surface area (Å²) in [6, 6.07) is 7.70. The summed E-state index contributed by atoms with van der Waals surface area (Å²) in [5.41, 5.74) is 0.683. The van der Waals surface area contributed by atoms with Gasteiger partial charge in [-0.05, 0) is 74.1 Å². The van der Waals surface area contributed by atoms with Crippen LogP contribution in [0.25, 0.3) is 0 Å². The zero-order valence-corrected chi connectivity index (χ0v) is 19.2. The molecule has 0 amide bonds. The molecule has 33 heavy (non-hydrogen) atoms. The number of rotatable bonds is 11. The van der Waals surface area contributed by atoms with E-state index in [-0.39, 0.29) is 29.8 Å². The van der Waals surface area contributed by atoms with Crippen LogP contribution in [0.3, 0.4) is 0 Å². The van der Waals surface area contributed by atoms with E-state index in [1.54, 1.807) is 24.3 Å². The molecule has 2 aromatic carbocycles. The summed E-state index contributed by atoms with van der Waals surface area (Å²) in [7, 11) is 0. The number of benzene rings is 2. The topological polar surface area (TPSA) is 38.7 Å². The van der Waals surface area contributed by atoms with Gasteiger partial charge in [0.05, 0.1) is 19.3 Å². The second kappa shape index (κ2) is 12.1. The van der Waals surface area contributed by atoms with Gasteiger partial charge in [-0.2, -0.15) is 4.39 Å². The van der Waals surface area contributed by atoms with E-state index in [1.165, 1.54) is 12.1 Å². The molecule has 0 radical (unpaired) electrons. The van der Waals surface area contributed by atoms with Crippen LogP contribution < -0.4 is 9.47 Å². The van der Waals surface area contributed by atoms with Crippen LogP contribution in [0.2, 0.25) is 0 Å². The molecule has 0 saturated heterocycles. The van der Waals surface area contributed by atoms with Crippen molar-refractivity contribution in [3.05, 3.63) is 71.6 Å². The molecule has 1 unspecified atom stereocenters. The van der Waals surface area contributed by atoms with Gasteiger partial charge in [0.25, 0.3) is 0 Å². The summed E-state index contributed by atoms with van der Waals surface area (Å²) >= 11 is 0. The first-order valence-corrected chi connectivity index (χ1v) is 11.8. The van der Waals surface area contributed by atoms with E-state index in [0.717, 1.165) is 32.1 Å². The lowest BCUT2D eigenvalue weighted by molar-refractivity contribution is 0.161. The molecule has 1 aliphatic rings. The van der Waals surface area contributed by atoms with Gasteiger partial charge in [-0.25, -0.2) is 8.78 Å². The molecule has 0 bridgehead atoms. The van der Waals surface area contributed by atoms with Crippen molar-refractivity contribution < 1.29 is 27.8 Å². The van der Waals surface area contributed by atoms with Crippen LogP contribution in [0, 0.1) is 23.4 Å². The highest BCUT2D eigenvalue weighted by Crippen LogP contribution is 2.39. The molecule has 180 valence electrons. The van der Waals surface area contributed by atoms with Gasteiger partial charge < -0.3 is 14.6 Å². The van der Waals surface area contributed by atoms with Crippen molar-refractivity contribution in [1.29, 1.82) is 0 Å². The predicted molar refractivity (Wildman–Crippen MR) is 123 cm³/mol. The zero-order chi connectivity index (χ0) is 23.8. The Labute approximate surface area is 194 Å². The summed E-state index contributed by atoms with van der Waals surface area (Å²) < 4.78 is 54.4. The van der Waals surface area contributed by atoms with E-state index in [1.807, 2.05) is 6.92 Å². The van der Waals surface area contributed by atoms with Gasteiger partial charge in [-0.15, -0.1) is 6.58 Å². The molecule has 3 nitrogen and oxygen atoms in total. The molecule has 1 aliphatic carbocycles. The van der Waals surface area contributed by atoms with E-state index in [4.69, 9.17) is 9.47 Å². The quantitative estimate of drug-likeness (QED) is 0.282. The van der Waals surface area contributed by atoms with Crippen LogP contribution in [0.15, 0.2) is 43.0 Å². The summed E-state index contributed by atoms with van der Waals surface area (Å²) in [6.45, 7) is 6.22. The molecule has 1 saturated carbocycles. The van der Waals surface area contributed by atoms with Crippen LogP contribution in [-0.4, -0.2) is 18.3 Å². The van der Waals surface area contributed by atoms with Crippen LogP contribution in [0.5, 0.6) is 11.5 Å². The second-order valence-corrected chi connectivity index (χ2v) is 8.72. The zero-order valence-electron chi connectivity index (χ0n) is 19.2. The lowest BCUT2D eigenvalue weighted by Gasteiger charge is -2.29. The first-order chi connectivity index (χ1) is 15.9. The van der Waals surface area contributed by atoms with Crippen LogP contribution >= 0.6 is 0 Å². The first kappa shape index (κ1) is 25.2. The van der Waals surface area contributed by atoms with E-state index in [2.05, 4.69) is 6.58 Å². The minimum atomic E-state index is -0.934. The molecule has 3 rings (SSSR count). The highest BCUT2D eigenvalue weighted by atomic mass is 19.2. The standard InChI is InChI=1S/C27H33F3O3/c1-3-5-15-32-25-14-13-21(26(29)27(25)30)19-9-7-18(8-10-19)17-33-20-11-12-22(23(28)16-20)24(31)6-4-2/h3,11-14,16,18-19,24,31H,1,4-10,15,17H2,2H3. The molecule has 0 spiro atoms. The first-order valence-electron chi connectivity index (χ1n) is 11.8. The number of aliphatic hydroxyl groups is 1. The maximum absolute atomic E-state index is 14.6. The Bertz CT molecular complexity index is 923. The highest BCUT2D eigenvalue weighted by molar-refractivity contribution is 5.33. The smallest absolute Gasteiger partial charge is 0.200 e. The summed E-state index contributed by atoms with van der Waals surface area (Å²) in [5.74, 6) is -1.64. The number of aliphatic hydroxyl groups excluding tert-OH is 1. The Hall–Kier alpha value is -2.47. The second-order valence-electron chi connectivity index (χ2n) is 8.72. The van der Waals surface area contributed by atoms with Crippen molar-refractivity contribution >= 4 is 0 Å². The van der Waals surface area contributed by atoms with Gasteiger partial charge in [0.2, 0.25) is 5.82 Å². The number of hydrogen-bond donors (Lipinski definition) is 1. The summed E-state index contributed by atoms with van der Waals surface area (Å²) in [6.07, 6.45) is 5.80. The largest absolute Gasteiger partial charge is 0.493 e. The van der Waals surface area contributed by atoms with Crippen molar-refractivity contribution in [1.82, 2.24) is 0 Å². The fourth-order valence-corrected chi connectivity index (χ4v) is 4.38. The molecule has 0 aromatic heterocycles. The molecule has 1 atom stereocenters. The highest BCUT2D eigenvalue weighted by Gasteiger charge is 2.27. The molecule has 2 aromatic rings. The fourth-order valence-electron chi connectivity index (χ4n) is 4.38. The van der Waals surface area contributed by atoms with Crippen molar-refractivity contribution in [3.63, 3.8) is 0 Å². The van der Waals surface area contributed by atoms with Gasteiger partial charge in [0.15, 0.2) is 11.6 Å². The SMILES string of the molecule is C=CCCOc1ccc(C2CCC(COc3ccc(C(O)CCC)c(F)c3)CC2)c(F)c1F.